The molecule has 4 rings (SSSR count). The molecule has 0 aliphatic carbocycles. The van der Waals surface area contributed by atoms with Crippen molar-refractivity contribution in [2.24, 2.45) is 0 Å². The van der Waals surface area contributed by atoms with Crippen molar-refractivity contribution < 1.29 is 8.78 Å². The first kappa shape index (κ1) is 19.0. The summed E-state index contributed by atoms with van der Waals surface area (Å²) in [4.78, 5) is 6.77. The minimum absolute atomic E-state index is 0.277. The molecule has 0 unspecified atom stereocenters. The van der Waals surface area contributed by atoms with Gasteiger partial charge in [0, 0.05) is 33.9 Å². The van der Waals surface area contributed by atoms with Crippen molar-refractivity contribution in [1.29, 1.82) is 0 Å². The van der Waals surface area contributed by atoms with Crippen molar-refractivity contribution in [3.8, 4) is 11.3 Å². The molecule has 2 aromatic heterocycles. The minimum atomic E-state index is -0.361. The van der Waals surface area contributed by atoms with Crippen LogP contribution in [0.15, 0.2) is 46.3 Å². The van der Waals surface area contributed by atoms with Crippen molar-refractivity contribution in [3.05, 3.63) is 57.9 Å². The summed E-state index contributed by atoms with van der Waals surface area (Å²) < 4.78 is 30.1. The summed E-state index contributed by atoms with van der Waals surface area (Å²) in [5.41, 5.74) is 1.97. The number of fused-ring (bicyclic) bond motifs is 1. The van der Waals surface area contributed by atoms with Crippen LogP contribution >= 0.6 is 27.3 Å². The predicted molar refractivity (Wildman–Crippen MR) is 113 cm³/mol. The van der Waals surface area contributed by atoms with Crippen LogP contribution in [0.5, 0.6) is 0 Å². The van der Waals surface area contributed by atoms with Crippen molar-refractivity contribution in [2.45, 2.75) is 20.4 Å². The monoisotopic (exact) mass is 462 g/mol. The lowest BCUT2D eigenvalue weighted by atomic mass is 10.2. The summed E-state index contributed by atoms with van der Waals surface area (Å²) in [5.74, 6) is 0.167. The highest BCUT2D eigenvalue weighted by molar-refractivity contribution is 9.10. The van der Waals surface area contributed by atoms with Crippen LogP contribution in [0.1, 0.15) is 13.8 Å². The van der Waals surface area contributed by atoms with Crippen LogP contribution < -0.4 is 4.90 Å². The maximum atomic E-state index is 14.4. The van der Waals surface area contributed by atoms with E-state index in [1.807, 2.05) is 30.2 Å². The molecule has 0 bridgehead atoms. The van der Waals surface area contributed by atoms with Crippen molar-refractivity contribution in [2.75, 3.05) is 11.4 Å². The number of benzene rings is 2. The van der Waals surface area contributed by atoms with Gasteiger partial charge in [0.1, 0.15) is 17.2 Å². The first-order valence-corrected chi connectivity index (χ1v) is 10.5. The molecule has 0 spiro atoms. The average Bonchev–Trinajstić information content (AvgIpc) is 3.29. The molecule has 0 atom stereocenters. The van der Waals surface area contributed by atoms with Gasteiger partial charge in [-0.25, -0.2) is 18.4 Å². The highest BCUT2D eigenvalue weighted by atomic mass is 79.9. The molecule has 0 saturated heterocycles. The standard InChI is InChI=1S/C20H17BrF2N4S/c1-3-26(20-24-17(11-28-20)12-5-7-14(22)8-6-12)19-15-9-13(21)10-16(23)18(15)25-27(19)4-2/h5-11H,3-4H2,1-2H3. The van der Waals surface area contributed by atoms with Crippen LogP contribution in [-0.4, -0.2) is 21.3 Å². The molecule has 4 nitrogen and oxygen atoms in total. The van der Waals surface area contributed by atoms with Crippen LogP contribution in [0.2, 0.25) is 0 Å². The van der Waals surface area contributed by atoms with Crippen molar-refractivity contribution >= 4 is 49.1 Å². The summed E-state index contributed by atoms with van der Waals surface area (Å²) in [5, 5.41) is 7.90. The maximum absolute atomic E-state index is 14.4. The molecule has 28 heavy (non-hydrogen) atoms. The van der Waals surface area contributed by atoms with E-state index in [4.69, 9.17) is 4.98 Å². The maximum Gasteiger partial charge on any atom is 0.191 e. The Morgan fingerprint density at radius 2 is 1.89 bits per heavy atom. The summed E-state index contributed by atoms with van der Waals surface area (Å²) in [6.45, 7) is 5.24. The number of rotatable bonds is 5. The molecule has 0 aliphatic heterocycles. The third-order valence-corrected chi connectivity index (χ3v) is 5.79. The molecule has 0 amide bonds. The van der Waals surface area contributed by atoms with Crippen molar-refractivity contribution in [3.63, 3.8) is 0 Å². The van der Waals surface area contributed by atoms with Gasteiger partial charge in [-0.3, -0.25) is 0 Å². The van der Waals surface area contributed by atoms with E-state index in [0.29, 0.717) is 23.1 Å². The highest BCUT2D eigenvalue weighted by Gasteiger charge is 2.22. The number of aromatic nitrogens is 3. The molecule has 0 saturated carbocycles. The lowest BCUT2D eigenvalue weighted by molar-refractivity contribution is 0.621. The average molecular weight is 463 g/mol. The smallest absolute Gasteiger partial charge is 0.191 e. The summed E-state index contributed by atoms with van der Waals surface area (Å²) in [6.07, 6.45) is 0. The third-order valence-electron chi connectivity index (χ3n) is 4.47. The lowest BCUT2D eigenvalue weighted by Gasteiger charge is -2.21. The SMILES string of the molecule is CCN(c1nc(-c2ccc(F)cc2)cs1)c1c2cc(Br)cc(F)c2nn1CC. The minimum Gasteiger partial charge on any atom is -0.302 e. The second-order valence-electron chi connectivity index (χ2n) is 6.19. The van der Waals surface area contributed by atoms with Gasteiger partial charge in [-0.15, -0.1) is 11.3 Å². The summed E-state index contributed by atoms with van der Waals surface area (Å²) in [6, 6.07) is 9.57. The first-order valence-electron chi connectivity index (χ1n) is 8.86. The Bertz CT molecular complexity index is 1140. The topological polar surface area (TPSA) is 34.0 Å². The number of hydrogen-bond donors (Lipinski definition) is 0. The fourth-order valence-electron chi connectivity index (χ4n) is 3.17. The zero-order chi connectivity index (χ0) is 19.8. The van der Waals surface area contributed by atoms with E-state index in [1.54, 1.807) is 16.8 Å². The molecular formula is C20H17BrF2N4S. The van der Waals surface area contributed by atoms with Gasteiger partial charge in [-0.05, 0) is 50.2 Å². The van der Waals surface area contributed by atoms with Crippen LogP contribution in [0.4, 0.5) is 19.7 Å². The van der Waals surface area contributed by atoms with Crippen LogP contribution in [-0.2, 0) is 6.54 Å². The van der Waals surface area contributed by atoms with Gasteiger partial charge in [-0.2, -0.15) is 5.10 Å². The predicted octanol–water partition coefficient (Wildman–Crippen LogP) is 6.38. The van der Waals surface area contributed by atoms with Gasteiger partial charge in [0.25, 0.3) is 0 Å². The molecule has 0 radical (unpaired) electrons. The fourth-order valence-corrected chi connectivity index (χ4v) is 4.50. The van der Waals surface area contributed by atoms with Crippen LogP contribution in [0.3, 0.4) is 0 Å². The number of nitrogens with zero attached hydrogens (tertiary/aromatic N) is 4. The normalized spacial score (nSPS) is 11.3. The zero-order valence-electron chi connectivity index (χ0n) is 15.3. The van der Waals surface area contributed by atoms with Crippen LogP contribution in [0, 0.1) is 11.6 Å². The largest absolute Gasteiger partial charge is 0.302 e. The molecule has 0 N–H and O–H groups in total. The summed E-state index contributed by atoms with van der Waals surface area (Å²) >= 11 is 4.87. The fraction of sp³-hybridized carbons (Fsp3) is 0.200. The Labute approximate surface area is 173 Å². The van der Waals surface area contributed by atoms with E-state index < -0.39 is 0 Å². The van der Waals surface area contributed by atoms with E-state index >= 15 is 0 Å². The molecular weight excluding hydrogens is 446 g/mol. The van der Waals surface area contributed by atoms with Gasteiger partial charge >= 0.3 is 0 Å². The van der Waals surface area contributed by atoms with E-state index in [9.17, 15) is 8.78 Å². The van der Waals surface area contributed by atoms with Gasteiger partial charge in [0.2, 0.25) is 0 Å². The molecule has 4 aromatic rings. The second kappa shape index (κ2) is 7.60. The number of thiazole rings is 1. The third kappa shape index (κ3) is 3.31. The quantitative estimate of drug-likeness (QED) is 0.345. The Morgan fingerprint density at radius 1 is 1.14 bits per heavy atom. The van der Waals surface area contributed by atoms with Crippen molar-refractivity contribution in [1.82, 2.24) is 14.8 Å². The van der Waals surface area contributed by atoms with Gasteiger partial charge < -0.3 is 4.90 Å². The van der Waals surface area contributed by atoms with Crippen LogP contribution in [0.25, 0.3) is 22.2 Å². The van der Waals surface area contributed by atoms with E-state index in [2.05, 4.69) is 21.0 Å². The molecule has 144 valence electrons. The Hall–Kier alpha value is -2.32. The number of halogens is 3. The first-order chi connectivity index (χ1) is 13.5. The number of hydrogen-bond acceptors (Lipinski definition) is 4. The van der Waals surface area contributed by atoms with Gasteiger partial charge in [0.15, 0.2) is 10.9 Å². The van der Waals surface area contributed by atoms with E-state index in [0.717, 1.165) is 27.6 Å². The zero-order valence-corrected chi connectivity index (χ0v) is 17.7. The van der Waals surface area contributed by atoms with E-state index in [1.165, 1.54) is 29.5 Å². The Morgan fingerprint density at radius 3 is 2.57 bits per heavy atom. The molecule has 0 fully saturated rings. The summed E-state index contributed by atoms with van der Waals surface area (Å²) in [7, 11) is 0. The van der Waals surface area contributed by atoms with Gasteiger partial charge in [-0.1, -0.05) is 15.9 Å². The number of aryl methyl sites for hydroxylation is 1. The Kier molecular flexibility index (Phi) is 5.16. The Balaban J connectivity index is 1.83. The second-order valence-corrected chi connectivity index (χ2v) is 7.94. The molecule has 0 aliphatic rings. The molecule has 2 heterocycles. The molecule has 2 aromatic carbocycles. The van der Waals surface area contributed by atoms with E-state index in [-0.39, 0.29) is 11.6 Å². The molecule has 8 heteroatoms. The van der Waals surface area contributed by atoms with Gasteiger partial charge in [0.05, 0.1) is 5.69 Å². The lowest BCUT2D eigenvalue weighted by Crippen LogP contribution is -2.20. The highest BCUT2D eigenvalue weighted by Crippen LogP contribution is 2.37. The number of anilines is 2.